The van der Waals surface area contributed by atoms with Gasteiger partial charge in [-0.25, -0.2) is 0 Å². The second-order valence-corrected chi connectivity index (χ2v) is 8.73. The van der Waals surface area contributed by atoms with Crippen LogP contribution in [-0.2, 0) is 0 Å². The van der Waals surface area contributed by atoms with Crippen molar-refractivity contribution in [2.45, 2.75) is 11.8 Å². The van der Waals surface area contributed by atoms with Crippen molar-refractivity contribution in [3.8, 4) is 23.0 Å². The van der Waals surface area contributed by atoms with Crippen LogP contribution < -0.4 is 0 Å². The highest BCUT2D eigenvalue weighted by molar-refractivity contribution is 5.59. The first-order chi connectivity index (χ1) is 17.6. The Bertz CT molecular complexity index is 1300. The molecular weight excluding hydrogens is 448 g/mol. The van der Waals surface area contributed by atoms with E-state index in [1.165, 1.54) is 0 Å². The maximum absolute atomic E-state index is 10.9. The van der Waals surface area contributed by atoms with Gasteiger partial charge in [0.15, 0.2) is 0 Å². The molecule has 4 heteroatoms. The largest absolute Gasteiger partial charge is 0.508 e. The summed E-state index contributed by atoms with van der Waals surface area (Å²) >= 11 is 0. The molecule has 4 nitrogen and oxygen atoms in total. The molecule has 0 saturated heterocycles. The summed E-state index contributed by atoms with van der Waals surface area (Å²) in [7, 11) is 0. The Kier molecular flexibility index (Phi) is 6.33. The number of benzene rings is 5. The van der Waals surface area contributed by atoms with E-state index in [2.05, 4.69) is 0 Å². The predicted molar refractivity (Wildman–Crippen MR) is 141 cm³/mol. The molecule has 5 aromatic carbocycles. The Morgan fingerprint density at radius 3 is 0.694 bits per heavy atom. The summed E-state index contributed by atoms with van der Waals surface area (Å²) in [5.41, 5.74) is 4.22. The minimum absolute atomic E-state index is 0.113. The summed E-state index contributed by atoms with van der Waals surface area (Å²) in [6.07, 6.45) is 0. The minimum Gasteiger partial charge on any atom is -0.508 e. The lowest BCUT2D eigenvalue weighted by molar-refractivity contribution is 0.455. The Hall–Kier alpha value is -4.70. The molecule has 0 amide bonds. The molecule has 4 N–H and O–H groups in total. The summed E-state index contributed by atoms with van der Waals surface area (Å²) in [5, 5.41) is 43.5. The molecule has 5 rings (SSSR count). The molecule has 0 fully saturated rings. The molecule has 0 radical (unpaired) electrons. The average Bonchev–Trinajstić information content (AvgIpc) is 2.89. The van der Waals surface area contributed by atoms with Gasteiger partial charge in [0.1, 0.15) is 23.0 Å². The standard InChI is InChI=1S/C32H26O4/c33-27-17-7-3-13-23(27)31(24-14-4-8-18-28(24)34)21-11-1-2-12-22(21)32(25-15-5-9-19-29(25)35)26-16-6-10-20-30(26)36/h1-20,31-36H. The first-order valence-electron chi connectivity index (χ1n) is 11.8. The molecule has 0 heterocycles. The maximum Gasteiger partial charge on any atom is 0.119 e. The van der Waals surface area contributed by atoms with Crippen LogP contribution in [0.15, 0.2) is 121 Å². The highest BCUT2D eigenvalue weighted by Crippen LogP contribution is 2.47. The first kappa shape index (κ1) is 23.1. The van der Waals surface area contributed by atoms with Crippen LogP contribution in [0.3, 0.4) is 0 Å². The molecule has 0 saturated carbocycles. The number of phenols is 4. The zero-order valence-corrected chi connectivity index (χ0v) is 19.5. The Labute approximate surface area is 210 Å². The van der Waals surface area contributed by atoms with Crippen molar-refractivity contribution in [3.63, 3.8) is 0 Å². The van der Waals surface area contributed by atoms with Crippen LogP contribution in [0.1, 0.15) is 45.2 Å². The van der Waals surface area contributed by atoms with E-state index in [0.29, 0.717) is 22.3 Å². The van der Waals surface area contributed by atoms with Gasteiger partial charge in [-0.1, -0.05) is 97.1 Å². The molecule has 0 aliphatic rings. The van der Waals surface area contributed by atoms with Gasteiger partial charge in [-0.2, -0.15) is 0 Å². The van der Waals surface area contributed by atoms with Crippen LogP contribution in [-0.4, -0.2) is 20.4 Å². The van der Waals surface area contributed by atoms with E-state index in [4.69, 9.17) is 0 Å². The van der Waals surface area contributed by atoms with Crippen molar-refractivity contribution in [3.05, 3.63) is 155 Å². The predicted octanol–water partition coefficient (Wildman–Crippen LogP) is 6.87. The van der Waals surface area contributed by atoms with Gasteiger partial charge in [-0.05, 0) is 35.4 Å². The van der Waals surface area contributed by atoms with Crippen LogP contribution in [0.4, 0.5) is 0 Å². The van der Waals surface area contributed by atoms with E-state index in [9.17, 15) is 20.4 Å². The second kappa shape index (κ2) is 9.88. The normalized spacial score (nSPS) is 11.2. The van der Waals surface area contributed by atoms with Gasteiger partial charge in [0.05, 0.1) is 0 Å². The van der Waals surface area contributed by atoms with Gasteiger partial charge in [-0.3, -0.25) is 0 Å². The highest BCUT2D eigenvalue weighted by atomic mass is 16.3. The lowest BCUT2D eigenvalue weighted by Crippen LogP contribution is -2.12. The third-order valence-corrected chi connectivity index (χ3v) is 6.61. The third-order valence-electron chi connectivity index (χ3n) is 6.61. The highest BCUT2D eigenvalue weighted by Gasteiger charge is 2.30. The van der Waals surface area contributed by atoms with Gasteiger partial charge in [0, 0.05) is 34.1 Å². The molecule has 5 aromatic rings. The van der Waals surface area contributed by atoms with E-state index in [1.807, 2.05) is 72.8 Å². The van der Waals surface area contributed by atoms with E-state index >= 15 is 0 Å². The zero-order chi connectivity index (χ0) is 25.1. The second-order valence-electron chi connectivity index (χ2n) is 8.73. The lowest BCUT2D eigenvalue weighted by atomic mass is 9.75. The maximum atomic E-state index is 10.9. The third kappa shape index (κ3) is 4.25. The van der Waals surface area contributed by atoms with E-state index in [-0.39, 0.29) is 23.0 Å². The quantitative estimate of drug-likeness (QED) is 0.203. The molecule has 0 atom stereocenters. The summed E-state index contributed by atoms with van der Waals surface area (Å²) < 4.78 is 0. The van der Waals surface area contributed by atoms with Crippen molar-refractivity contribution in [2.24, 2.45) is 0 Å². The van der Waals surface area contributed by atoms with E-state index in [0.717, 1.165) is 11.1 Å². The number of phenolic OH excluding ortho intramolecular Hbond substituents is 4. The monoisotopic (exact) mass is 474 g/mol. The minimum atomic E-state index is -0.511. The lowest BCUT2D eigenvalue weighted by Gasteiger charge is -2.28. The molecule has 0 bridgehead atoms. The van der Waals surface area contributed by atoms with Crippen molar-refractivity contribution < 1.29 is 20.4 Å². The SMILES string of the molecule is Oc1ccccc1C(c1ccccc1O)c1ccccc1C(c1ccccc1O)c1ccccc1O. The van der Waals surface area contributed by atoms with Gasteiger partial charge in [-0.15, -0.1) is 0 Å². The van der Waals surface area contributed by atoms with Crippen molar-refractivity contribution >= 4 is 0 Å². The van der Waals surface area contributed by atoms with Gasteiger partial charge in [0.25, 0.3) is 0 Å². The average molecular weight is 475 g/mol. The first-order valence-corrected chi connectivity index (χ1v) is 11.8. The smallest absolute Gasteiger partial charge is 0.119 e. The number of rotatable bonds is 6. The molecule has 178 valence electrons. The number of hydrogen-bond donors (Lipinski definition) is 4. The fourth-order valence-corrected chi connectivity index (χ4v) is 4.97. The summed E-state index contributed by atoms with van der Waals surface area (Å²) in [5.74, 6) is -0.570. The fourth-order valence-electron chi connectivity index (χ4n) is 4.97. The molecular formula is C32H26O4. The molecule has 0 aromatic heterocycles. The molecule has 36 heavy (non-hydrogen) atoms. The van der Waals surface area contributed by atoms with Gasteiger partial charge >= 0.3 is 0 Å². The van der Waals surface area contributed by atoms with Crippen LogP contribution >= 0.6 is 0 Å². The summed E-state index contributed by atoms with van der Waals surface area (Å²) in [6.45, 7) is 0. The zero-order valence-electron chi connectivity index (χ0n) is 19.5. The molecule has 0 aliphatic carbocycles. The van der Waals surface area contributed by atoms with Gasteiger partial charge in [0.2, 0.25) is 0 Å². The van der Waals surface area contributed by atoms with Gasteiger partial charge < -0.3 is 20.4 Å². The van der Waals surface area contributed by atoms with Crippen molar-refractivity contribution in [1.82, 2.24) is 0 Å². The van der Waals surface area contributed by atoms with E-state index < -0.39 is 11.8 Å². The fraction of sp³-hybridized carbons (Fsp3) is 0.0625. The Morgan fingerprint density at radius 1 is 0.278 bits per heavy atom. The number of para-hydroxylation sites is 4. The Morgan fingerprint density at radius 2 is 0.472 bits per heavy atom. The van der Waals surface area contributed by atoms with Crippen molar-refractivity contribution in [2.75, 3.05) is 0 Å². The summed E-state index contributed by atoms with van der Waals surface area (Å²) in [4.78, 5) is 0. The Balaban J connectivity index is 1.83. The number of aromatic hydroxyl groups is 4. The molecule has 0 spiro atoms. The van der Waals surface area contributed by atoms with E-state index in [1.54, 1.807) is 48.5 Å². The molecule has 0 aliphatic heterocycles. The number of hydrogen-bond acceptors (Lipinski definition) is 4. The van der Waals surface area contributed by atoms with Crippen LogP contribution in [0.2, 0.25) is 0 Å². The summed E-state index contributed by atoms with van der Waals surface area (Å²) in [6, 6.07) is 36.1. The van der Waals surface area contributed by atoms with Crippen LogP contribution in [0, 0.1) is 0 Å². The van der Waals surface area contributed by atoms with Crippen LogP contribution in [0.5, 0.6) is 23.0 Å². The topological polar surface area (TPSA) is 80.9 Å². The van der Waals surface area contributed by atoms with Crippen LogP contribution in [0.25, 0.3) is 0 Å². The molecule has 0 unspecified atom stereocenters. The van der Waals surface area contributed by atoms with Crippen molar-refractivity contribution in [1.29, 1.82) is 0 Å².